The molecule has 20 heavy (non-hydrogen) atoms. The molecule has 0 bridgehead atoms. The quantitative estimate of drug-likeness (QED) is 0.625. The van der Waals surface area contributed by atoms with Crippen molar-refractivity contribution in [3.63, 3.8) is 0 Å². The number of benzene rings is 1. The van der Waals surface area contributed by atoms with Crippen molar-refractivity contribution in [1.82, 2.24) is 4.90 Å². The van der Waals surface area contributed by atoms with Crippen molar-refractivity contribution in [3.05, 3.63) is 35.9 Å². The molecule has 0 radical (unpaired) electrons. The van der Waals surface area contributed by atoms with Crippen LogP contribution in [0.3, 0.4) is 0 Å². The van der Waals surface area contributed by atoms with Gasteiger partial charge < -0.3 is 4.74 Å². The second kappa shape index (κ2) is 6.58. The van der Waals surface area contributed by atoms with E-state index in [4.69, 9.17) is 4.74 Å². The van der Waals surface area contributed by atoms with E-state index in [1.807, 2.05) is 37.3 Å². The van der Waals surface area contributed by atoms with E-state index >= 15 is 0 Å². The predicted molar refractivity (Wildman–Crippen MR) is 79.0 cm³/mol. The number of hydrogen-bond acceptors (Lipinski definition) is 3. The molecule has 1 aliphatic heterocycles. The lowest BCUT2D eigenvalue weighted by molar-refractivity contribution is -0.151. The van der Waals surface area contributed by atoms with E-state index in [-0.39, 0.29) is 5.97 Å². The van der Waals surface area contributed by atoms with Crippen molar-refractivity contribution in [2.24, 2.45) is 0 Å². The largest absolute Gasteiger partial charge is 0.442 e. The van der Waals surface area contributed by atoms with Crippen LogP contribution in [0.4, 0.5) is 0 Å². The van der Waals surface area contributed by atoms with Crippen LogP contribution in [-0.2, 0) is 15.1 Å². The number of esters is 1. The molecule has 1 aromatic carbocycles. The van der Waals surface area contributed by atoms with Gasteiger partial charge in [0.25, 0.3) is 0 Å². The van der Waals surface area contributed by atoms with Gasteiger partial charge in [-0.3, -0.25) is 9.69 Å². The summed E-state index contributed by atoms with van der Waals surface area (Å²) < 4.78 is 5.46. The van der Waals surface area contributed by atoms with Gasteiger partial charge in [-0.05, 0) is 38.8 Å². The molecule has 1 aliphatic rings. The van der Waals surface area contributed by atoms with Crippen molar-refractivity contribution in [2.75, 3.05) is 19.6 Å². The normalized spacial score (nSPS) is 17.9. The summed E-state index contributed by atoms with van der Waals surface area (Å²) in [5.74, 6) is 5.99. The molecule has 0 saturated carbocycles. The van der Waals surface area contributed by atoms with E-state index in [0.717, 1.165) is 25.2 Å². The Bertz CT molecular complexity index is 509. The van der Waals surface area contributed by atoms with Gasteiger partial charge in [-0.2, -0.15) is 0 Å². The molecule has 0 aromatic heterocycles. The summed E-state index contributed by atoms with van der Waals surface area (Å²) in [6, 6.07) is 9.68. The maximum absolute atomic E-state index is 11.4. The predicted octanol–water partition coefficient (Wildman–Crippen LogP) is 2.56. The van der Waals surface area contributed by atoms with Gasteiger partial charge in [0.2, 0.25) is 0 Å². The lowest BCUT2D eigenvalue weighted by Gasteiger charge is -2.24. The molecule has 3 nitrogen and oxygen atoms in total. The summed E-state index contributed by atoms with van der Waals surface area (Å²) in [5, 5.41) is 0. The van der Waals surface area contributed by atoms with Crippen molar-refractivity contribution < 1.29 is 9.53 Å². The topological polar surface area (TPSA) is 29.5 Å². The molecular formula is C17H21NO2. The Labute approximate surface area is 120 Å². The van der Waals surface area contributed by atoms with E-state index in [1.54, 1.807) is 0 Å². The van der Waals surface area contributed by atoms with Crippen molar-refractivity contribution in [1.29, 1.82) is 0 Å². The van der Waals surface area contributed by atoms with Crippen LogP contribution in [0.1, 0.15) is 32.3 Å². The van der Waals surface area contributed by atoms with Gasteiger partial charge in [-0.1, -0.05) is 36.3 Å². The molecule has 1 atom stereocenters. The summed E-state index contributed by atoms with van der Waals surface area (Å²) in [4.78, 5) is 13.7. The molecule has 0 aliphatic carbocycles. The van der Waals surface area contributed by atoms with Crippen LogP contribution in [0, 0.1) is 11.8 Å². The average molecular weight is 271 g/mol. The Balaban J connectivity index is 2.14. The number of ether oxygens (including phenoxy) is 1. The number of carbonyl (C=O) groups excluding carboxylic acids is 1. The first kappa shape index (κ1) is 14.6. The SMILES string of the molecule is CC(=O)O[C@@](C)(C#CCN1CCCC1)c1ccccc1. The van der Waals surface area contributed by atoms with Crippen LogP contribution in [0.5, 0.6) is 0 Å². The first-order chi connectivity index (χ1) is 9.60. The van der Waals surface area contributed by atoms with Gasteiger partial charge in [0.1, 0.15) is 0 Å². The van der Waals surface area contributed by atoms with E-state index in [2.05, 4.69) is 16.7 Å². The van der Waals surface area contributed by atoms with Crippen LogP contribution in [0.25, 0.3) is 0 Å². The zero-order chi connectivity index (χ0) is 14.4. The van der Waals surface area contributed by atoms with Crippen molar-refractivity contribution in [3.8, 4) is 11.8 Å². The fraction of sp³-hybridized carbons (Fsp3) is 0.471. The summed E-state index contributed by atoms with van der Waals surface area (Å²) >= 11 is 0. The van der Waals surface area contributed by atoms with Crippen LogP contribution >= 0.6 is 0 Å². The lowest BCUT2D eigenvalue weighted by atomic mass is 9.96. The van der Waals surface area contributed by atoms with Crippen molar-refractivity contribution in [2.45, 2.75) is 32.3 Å². The molecule has 0 N–H and O–H groups in total. The van der Waals surface area contributed by atoms with Gasteiger partial charge in [-0.15, -0.1) is 0 Å². The number of nitrogens with zero attached hydrogens (tertiary/aromatic N) is 1. The second-order valence-electron chi connectivity index (χ2n) is 5.28. The first-order valence-corrected chi connectivity index (χ1v) is 7.08. The second-order valence-corrected chi connectivity index (χ2v) is 5.28. The third-order valence-corrected chi connectivity index (χ3v) is 3.50. The van der Waals surface area contributed by atoms with Gasteiger partial charge in [0.15, 0.2) is 5.60 Å². The monoisotopic (exact) mass is 271 g/mol. The highest BCUT2D eigenvalue weighted by atomic mass is 16.6. The highest BCUT2D eigenvalue weighted by Gasteiger charge is 2.27. The molecule has 0 spiro atoms. The third-order valence-electron chi connectivity index (χ3n) is 3.50. The molecule has 3 heteroatoms. The maximum atomic E-state index is 11.4. The molecule has 1 heterocycles. The fourth-order valence-electron chi connectivity index (χ4n) is 2.46. The van der Waals surface area contributed by atoms with Crippen LogP contribution in [0.2, 0.25) is 0 Å². The van der Waals surface area contributed by atoms with Crippen LogP contribution in [0.15, 0.2) is 30.3 Å². The van der Waals surface area contributed by atoms with Gasteiger partial charge in [-0.25, -0.2) is 0 Å². The molecule has 2 rings (SSSR count). The lowest BCUT2D eigenvalue weighted by Crippen LogP contribution is -2.27. The Hall–Kier alpha value is -1.79. The van der Waals surface area contributed by atoms with Gasteiger partial charge in [0, 0.05) is 12.5 Å². The smallest absolute Gasteiger partial charge is 0.304 e. The maximum Gasteiger partial charge on any atom is 0.304 e. The van der Waals surface area contributed by atoms with Gasteiger partial charge in [0.05, 0.1) is 6.54 Å². The molecule has 106 valence electrons. The minimum Gasteiger partial charge on any atom is -0.442 e. The fourth-order valence-corrected chi connectivity index (χ4v) is 2.46. The Kier molecular flexibility index (Phi) is 4.81. The van der Waals surface area contributed by atoms with E-state index in [0.29, 0.717) is 0 Å². The molecular weight excluding hydrogens is 250 g/mol. The third kappa shape index (κ3) is 3.85. The molecule has 1 fully saturated rings. The van der Waals surface area contributed by atoms with Crippen LogP contribution in [-0.4, -0.2) is 30.5 Å². The highest BCUT2D eigenvalue weighted by molar-refractivity contribution is 5.67. The molecule has 0 unspecified atom stereocenters. The summed E-state index contributed by atoms with van der Waals surface area (Å²) in [7, 11) is 0. The molecule has 0 amide bonds. The molecule has 1 aromatic rings. The van der Waals surface area contributed by atoms with Gasteiger partial charge >= 0.3 is 5.97 Å². The van der Waals surface area contributed by atoms with E-state index < -0.39 is 5.60 Å². The first-order valence-electron chi connectivity index (χ1n) is 7.08. The minimum absolute atomic E-state index is 0.313. The zero-order valence-electron chi connectivity index (χ0n) is 12.2. The average Bonchev–Trinajstić information content (AvgIpc) is 2.92. The summed E-state index contributed by atoms with van der Waals surface area (Å²) in [5.41, 5.74) is 0.0384. The number of hydrogen-bond donors (Lipinski definition) is 0. The number of rotatable bonds is 3. The number of carbonyl (C=O) groups is 1. The Morgan fingerprint density at radius 1 is 1.30 bits per heavy atom. The van der Waals surface area contributed by atoms with Crippen molar-refractivity contribution >= 4 is 5.97 Å². The standard InChI is InChI=1S/C17H21NO2/c1-15(19)20-17(2,16-9-4-3-5-10-16)11-8-14-18-12-6-7-13-18/h3-5,9-10H,6-7,12-14H2,1-2H3/t17-/m0/s1. The van der Waals surface area contributed by atoms with Crippen LogP contribution < -0.4 is 0 Å². The van der Waals surface area contributed by atoms with E-state index in [9.17, 15) is 4.79 Å². The van der Waals surface area contributed by atoms with E-state index in [1.165, 1.54) is 19.8 Å². The number of likely N-dealkylation sites (tertiary alicyclic amines) is 1. The highest BCUT2D eigenvalue weighted by Crippen LogP contribution is 2.24. The zero-order valence-corrected chi connectivity index (χ0v) is 12.2. The summed E-state index contributed by atoms with van der Waals surface area (Å²) in [6.45, 7) is 6.24. The Morgan fingerprint density at radius 2 is 1.95 bits per heavy atom. The minimum atomic E-state index is -0.868. The Morgan fingerprint density at radius 3 is 2.55 bits per heavy atom. The summed E-state index contributed by atoms with van der Waals surface area (Å²) in [6.07, 6.45) is 2.50. The molecule has 1 saturated heterocycles.